The van der Waals surface area contributed by atoms with Gasteiger partial charge in [0.05, 0.1) is 6.42 Å². The summed E-state index contributed by atoms with van der Waals surface area (Å²) in [5.41, 5.74) is 0. The highest BCUT2D eigenvalue weighted by Gasteiger charge is 2.32. The number of carbonyl (C=O) groups excluding carboxylic acids is 2. The molecular weight excluding hydrogens is 148 g/mol. The SMILES string of the molecule is CCC(=O)C(O)(O)CC(C)=O. The fourth-order valence-electron chi connectivity index (χ4n) is 0.729. The van der Waals surface area contributed by atoms with Crippen LogP contribution < -0.4 is 0 Å². The van der Waals surface area contributed by atoms with Crippen molar-refractivity contribution in [3.8, 4) is 0 Å². The van der Waals surface area contributed by atoms with Crippen LogP contribution in [0.4, 0.5) is 0 Å². The average Bonchev–Trinajstić information content (AvgIpc) is 1.83. The van der Waals surface area contributed by atoms with Gasteiger partial charge in [-0.1, -0.05) is 6.92 Å². The van der Waals surface area contributed by atoms with Crippen LogP contribution in [0.1, 0.15) is 26.7 Å². The van der Waals surface area contributed by atoms with E-state index >= 15 is 0 Å². The van der Waals surface area contributed by atoms with Crippen LogP contribution in [-0.4, -0.2) is 27.6 Å². The summed E-state index contributed by atoms with van der Waals surface area (Å²) in [6.07, 6.45) is -0.514. The smallest absolute Gasteiger partial charge is 0.230 e. The highest BCUT2D eigenvalue weighted by atomic mass is 16.5. The maximum atomic E-state index is 10.7. The van der Waals surface area contributed by atoms with Crippen LogP contribution in [-0.2, 0) is 9.59 Å². The summed E-state index contributed by atoms with van der Waals surface area (Å²) in [4.78, 5) is 21.1. The van der Waals surface area contributed by atoms with Gasteiger partial charge in [-0.3, -0.25) is 9.59 Å². The molecule has 0 atom stereocenters. The second kappa shape index (κ2) is 3.59. The molecule has 0 bridgehead atoms. The molecule has 0 aliphatic carbocycles. The van der Waals surface area contributed by atoms with E-state index in [1.807, 2.05) is 0 Å². The second-order valence-electron chi connectivity index (χ2n) is 2.47. The zero-order valence-corrected chi connectivity index (χ0v) is 6.63. The van der Waals surface area contributed by atoms with Gasteiger partial charge in [-0.15, -0.1) is 0 Å². The Bertz CT molecular complexity index is 171. The molecule has 2 N–H and O–H groups in total. The summed E-state index contributed by atoms with van der Waals surface area (Å²) in [5, 5.41) is 17.9. The molecule has 0 aromatic rings. The van der Waals surface area contributed by atoms with Gasteiger partial charge in [0.25, 0.3) is 0 Å². The van der Waals surface area contributed by atoms with Crippen LogP contribution in [0.5, 0.6) is 0 Å². The normalized spacial score (nSPS) is 11.3. The Hall–Kier alpha value is -0.740. The van der Waals surface area contributed by atoms with E-state index in [-0.39, 0.29) is 6.42 Å². The van der Waals surface area contributed by atoms with E-state index in [0.29, 0.717) is 0 Å². The average molecular weight is 160 g/mol. The van der Waals surface area contributed by atoms with Gasteiger partial charge in [0.1, 0.15) is 5.78 Å². The molecule has 0 aliphatic heterocycles. The Kier molecular flexibility index (Phi) is 3.35. The first kappa shape index (κ1) is 10.3. The van der Waals surface area contributed by atoms with Crippen molar-refractivity contribution in [3.05, 3.63) is 0 Å². The molecule has 0 saturated carbocycles. The molecule has 0 unspecified atom stereocenters. The van der Waals surface area contributed by atoms with E-state index in [9.17, 15) is 9.59 Å². The van der Waals surface area contributed by atoms with Gasteiger partial charge in [0.2, 0.25) is 5.79 Å². The summed E-state index contributed by atoms with van der Waals surface area (Å²) in [7, 11) is 0. The van der Waals surface area contributed by atoms with E-state index in [1.165, 1.54) is 13.8 Å². The van der Waals surface area contributed by atoms with Crippen molar-refractivity contribution in [2.75, 3.05) is 0 Å². The summed E-state index contributed by atoms with van der Waals surface area (Å²) >= 11 is 0. The highest BCUT2D eigenvalue weighted by Crippen LogP contribution is 2.09. The summed E-state index contributed by atoms with van der Waals surface area (Å²) in [5.74, 6) is -3.61. The van der Waals surface area contributed by atoms with Crippen molar-refractivity contribution in [3.63, 3.8) is 0 Å². The Morgan fingerprint density at radius 3 is 2.09 bits per heavy atom. The third-order valence-electron chi connectivity index (χ3n) is 1.26. The predicted molar refractivity (Wildman–Crippen MR) is 37.8 cm³/mol. The fourth-order valence-corrected chi connectivity index (χ4v) is 0.729. The molecule has 64 valence electrons. The van der Waals surface area contributed by atoms with Crippen molar-refractivity contribution in [1.82, 2.24) is 0 Å². The number of hydrogen-bond donors (Lipinski definition) is 2. The van der Waals surface area contributed by atoms with Gasteiger partial charge in [0, 0.05) is 6.42 Å². The molecule has 0 heterocycles. The Morgan fingerprint density at radius 2 is 1.82 bits per heavy atom. The van der Waals surface area contributed by atoms with Crippen molar-refractivity contribution >= 4 is 11.6 Å². The first-order valence-electron chi connectivity index (χ1n) is 3.37. The van der Waals surface area contributed by atoms with Crippen LogP contribution in [0.15, 0.2) is 0 Å². The molecular formula is C7H12O4. The Balaban J connectivity index is 4.21. The molecule has 0 saturated heterocycles. The number of ketones is 2. The molecule has 0 aromatic heterocycles. The number of rotatable bonds is 4. The maximum Gasteiger partial charge on any atom is 0.230 e. The Morgan fingerprint density at radius 1 is 1.36 bits per heavy atom. The number of carbonyl (C=O) groups is 2. The molecule has 4 heteroatoms. The first-order valence-corrected chi connectivity index (χ1v) is 3.37. The zero-order valence-electron chi connectivity index (χ0n) is 6.63. The maximum absolute atomic E-state index is 10.7. The molecule has 0 fully saturated rings. The third-order valence-corrected chi connectivity index (χ3v) is 1.26. The minimum Gasteiger partial charge on any atom is -0.359 e. The molecule has 0 radical (unpaired) electrons. The summed E-state index contributed by atoms with van der Waals surface area (Å²) in [6, 6.07) is 0. The van der Waals surface area contributed by atoms with Gasteiger partial charge in [-0.05, 0) is 6.92 Å². The number of aliphatic hydroxyl groups is 2. The van der Waals surface area contributed by atoms with Crippen LogP contribution in [0.2, 0.25) is 0 Å². The summed E-state index contributed by atoms with van der Waals surface area (Å²) < 4.78 is 0. The molecule has 11 heavy (non-hydrogen) atoms. The lowest BCUT2D eigenvalue weighted by atomic mass is 10.0. The lowest BCUT2D eigenvalue weighted by Gasteiger charge is -2.17. The van der Waals surface area contributed by atoms with E-state index in [0.717, 1.165) is 0 Å². The number of Topliss-reactive ketones (excluding diaryl/α,β-unsaturated/α-hetero) is 2. The van der Waals surface area contributed by atoms with Gasteiger partial charge in [-0.25, -0.2) is 0 Å². The highest BCUT2D eigenvalue weighted by molar-refractivity contribution is 5.90. The lowest BCUT2D eigenvalue weighted by molar-refractivity contribution is -0.185. The minimum atomic E-state index is -2.46. The third kappa shape index (κ3) is 3.25. The molecule has 0 spiro atoms. The molecule has 0 amide bonds. The van der Waals surface area contributed by atoms with Crippen molar-refractivity contribution in [1.29, 1.82) is 0 Å². The van der Waals surface area contributed by atoms with E-state index in [1.54, 1.807) is 0 Å². The standard InChI is InChI=1S/C7H12O4/c1-3-6(9)7(10,11)4-5(2)8/h10-11H,3-4H2,1-2H3. The van der Waals surface area contributed by atoms with Gasteiger partial charge in [-0.2, -0.15) is 0 Å². The zero-order chi connectivity index (χ0) is 9.07. The minimum absolute atomic E-state index is 0.0142. The van der Waals surface area contributed by atoms with Crippen LogP contribution in [0.3, 0.4) is 0 Å². The second-order valence-corrected chi connectivity index (χ2v) is 2.47. The van der Waals surface area contributed by atoms with Crippen molar-refractivity contribution in [2.24, 2.45) is 0 Å². The van der Waals surface area contributed by atoms with Crippen molar-refractivity contribution in [2.45, 2.75) is 32.5 Å². The van der Waals surface area contributed by atoms with Crippen molar-refractivity contribution < 1.29 is 19.8 Å². The topological polar surface area (TPSA) is 74.6 Å². The van der Waals surface area contributed by atoms with E-state index < -0.39 is 23.8 Å². The quantitative estimate of drug-likeness (QED) is 0.550. The van der Waals surface area contributed by atoms with E-state index in [2.05, 4.69) is 0 Å². The van der Waals surface area contributed by atoms with Gasteiger partial charge < -0.3 is 10.2 Å². The Labute approximate surface area is 64.8 Å². The number of hydrogen-bond acceptors (Lipinski definition) is 4. The largest absolute Gasteiger partial charge is 0.359 e. The van der Waals surface area contributed by atoms with Crippen LogP contribution >= 0.6 is 0 Å². The van der Waals surface area contributed by atoms with Crippen LogP contribution in [0, 0.1) is 0 Å². The lowest BCUT2D eigenvalue weighted by Crippen LogP contribution is -2.39. The van der Waals surface area contributed by atoms with Gasteiger partial charge in [0.15, 0.2) is 5.78 Å². The fraction of sp³-hybridized carbons (Fsp3) is 0.714. The predicted octanol–water partition coefficient (Wildman–Crippen LogP) is -0.375. The van der Waals surface area contributed by atoms with E-state index in [4.69, 9.17) is 10.2 Å². The molecule has 4 nitrogen and oxygen atoms in total. The summed E-state index contributed by atoms with van der Waals surface area (Å²) in [6.45, 7) is 2.70. The monoisotopic (exact) mass is 160 g/mol. The molecule has 0 aromatic carbocycles. The first-order chi connectivity index (χ1) is 4.90. The van der Waals surface area contributed by atoms with Gasteiger partial charge >= 0.3 is 0 Å². The molecule has 0 rings (SSSR count). The molecule has 0 aliphatic rings. The van der Waals surface area contributed by atoms with Crippen LogP contribution in [0.25, 0.3) is 0 Å².